The fraction of sp³-hybridized carbons (Fsp3) is 0.143. The fourth-order valence-electron chi connectivity index (χ4n) is 4.46. The lowest BCUT2D eigenvalue weighted by Gasteiger charge is -2.26. The van der Waals surface area contributed by atoms with Gasteiger partial charge < -0.3 is 4.90 Å². The summed E-state index contributed by atoms with van der Waals surface area (Å²) >= 11 is 0. The summed E-state index contributed by atoms with van der Waals surface area (Å²) in [6.45, 7) is 0. The topological polar surface area (TPSA) is 38.9 Å². The van der Waals surface area contributed by atoms with Crippen LogP contribution in [-0.2, 0) is 12.8 Å². The van der Waals surface area contributed by atoms with Crippen LogP contribution in [0.2, 0.25) is 0 Å². The van der Waals surface area contributed by atoms with E-state index in [-0.39, 0.29) is 0 Å². The van der Waals surface area contributed by atoms with E-state index in [0.717, 1.165) is 65.5 Å². The quantitative estimate of drug-likeness (QED) is 0.308. The minimum atomic E-state index is 0.977. The predicted molar refractivity (Wildman–Crippen MR) is 132 cm³/mol. The molecule has 5 heteroatoms. The lowest BCUT2D eigenvalue weighted by Crippen LogP contribution is -2.11. The lowest BCUT2D eigenvalue weighted by molar-refractivity contribution is 0.694. The molecule has 162 valence electrons. The molecule has 0 saturated heterocycles. The van der Waals surface area contributed by atoms with Crippen molar-refractivity contribution in [1.82, 2.24) is 19.6 Å². The molecule has 2 aromatic heterocycles. The highest BCUT2D eigenvalue weighted by Crippen LogP contribution is 2.36. The molecule has 8 bridgehead atoms. The van der Waals surface area contributed by atoms with E-state index in [0.29, 0.717) is 0 Å². The number of anilines is 3. The number of rotatable bonds is 1. The summed E-state index contributed by atoms with van der Waals surface area (Å²) in [4.78, 5) is 2.28. The van der Waals surface area contributed by atoms with Gasteiger partial charge in [-0.1, -0.05) is 30.3 Å². The first kappa shape index (κ1) is 19.6. The van der Waals surface area contributed by atoms with E-state index in [1.165, 1.54) is 0 Å². The molecule has 0 unspecified atom stereocenters. The second-order valence-electron chi connectivity index (χ2n) is 8.42. The number of fused-ring (bicyclic) bond motifs is 10. The Kier molecular flexibility index (Phi) is 5.00. The summed E-state index contributed by atoms with van der Waals surface area (Å²) in [5, 5.41) is 9.70. The van der Waals surface area contributed by atoms with Crippen molar-refractivity contribution < 1.29 is 0 Å². The molecule has 6 rings (SSSR count). The van der Waals surface area contributed by atoms with Crippen molar-refractivity contribution in [2.24, 2.45) is 0 Å². The number of benzene rings is 3. The first-order valence-electron chi connectivity index (χ1n) is 11.5. The van der Waals surface area contributed by atoms with E-state index in [4.69, 9.17) is 10.2 Å². The standard InChI is InChI=1S/C28H25N5/c1-2-10-24(11-3-1)33-27-14-6-12-25(20-27)31-18-16-22(29-31)8-4-5-9-23-17-19-32(30-23)26-13-7-15-28(33)21-26/h1-3,6-7,10-21H,4-5,8-9H2. The molecule has 33 heavy (non-hydrogen) atoms. The molecule has 0 atom stereocenters. The van der Waals surface area contributed by atoms with Gasteiger partial charge in [0.25, 0.3) is 0 Å². The van der Waals surface area contributed by atoms with Crippen LogP contribution < -0.4 is 4.90 Å². The summed E-state index contributed by atoms with van der Waals surface area (Å²) in [5.41, 5.74) is 7.63. The molecule has 0 aliphatic carbocycles. The number of hydrogen-bond acceptors (Lipinski definition) is 3. The highest BCUT2D eigenvalue weighted by Gasteiger charge is 2.15. The Morgan fingerprint density at radius 2 is 0.970 bits per heavy atom. The van der Waals surface area contributed by atoms with Gasteiger partial charge in [-0.25, -0.2) is 9.36 Å². The minimum absolute atomic E-state index is 0.977. The van der Waals surface area contributed by atoms with E-state index < -0.39 is 0 Å². The van der Waals surface area contributed by atoms with E-state index in [1.807, 2.05) is 15.4 Å². The zero-order valence-electron chi connectivity index (χ0n) is 18.4. The summed E-state index contributed by atoms with van der Waals surface area (Å²) in [6, 6.07) is 31.8. The SMILES string of the molecule is c1ccc(N2c3cccc(c3)-n3ccc(n3)CCCCc3ccn(n3)-c3cccc2c3)cc1. The molecular formula is C28H25N5. The van der Waals surface area contributed by atoms with Crippen LogP contribution in [-0.4, -0.2) is 19.6 Å². The highest BCUT2D eigenvalue weighted by molar-refractivity contribution is 5.78. The van der Waals surface area contributed by atoms with Crippen LogP contribution in [0.1, 0.15) is 24.2 Å². The van der Waals surface area contributed by atoms with Gasteiger partial charge in [0.1, 0.15) is 0 Å². The molecule has 0 saturated carbocycles. The Morgan fingerprint density at radius 3 is 1.52 bits per heavy atom. The van der Waals surface area contributed by atoms with Gasteiger partial charge in [-0.2, -0.15) is 10.2 Å². The number of aromatic nitrogens is 4. The van der Waals surface area contributed by atoms with Crippen molar-refractivity contribution in [2.45, 2.75) is 25.7 Å². The third kappa shape index (κ3) is 3.94. The van der Waals surface area contributed by atoms with Crippen LogP contribution in [0.15, 0.2) is 103 Å². The highest BCUT2D eigenvalue weighted by atomic mass is 15.3. The molecule has 0 amide bonds. The van der Waals surface area contributed by atoms with Crippen LogP contribution in [0.3, 0.4) is 0 Å². The van der Waals surface area contributed by atoms with Crippen molar-refractivity contribution in [3.8, 4) is 11.4 Å². The second-order valence-corrected chi connectivity index (χ2v) is 8.42. The second kappa shape index (κ2) is 8.43. The molecule has 5 nitrogen and oxygen atoms in total. The maximum absolute atomic E-state index is 4.85. The van der Waals surface area contributed by atoms with Gasteiger partial charge in [0.05, 0.1) is 22.8 Å². The zero-order valence-corrected chi connectivity index (χ0v) is 18.4. The number of nitrogens with zero attached hydrogens (tertiary/aromatic N) is 5. The molecule has 1 aliphatic heterocycles. The monoisotopic (exact) mass is 431 g/mol. The van der Waals surface area contributed by atoms with Gasteiger partial charge >= 0.3 is 0 Å². The fourth-order valence-corrected chi connectivity index (χ4v) is 4.46. The normalized spacial score (nSPS) is 13.5. The molecule has 3 heterocycles. The van der Waals surface area contributed by atoms with E-state index in [1.54, 1.807) is 0 Å². The van der Waals surface area contributed by atoms with Crippen LogP contribution in [0.4, 0.5) is 17.1 Å². The Balaban J connectivity index is 1.53. The molecule has 0 fully saturated rings. The average Bonchev–Trinajstić information content (AvgIpc) is 3.53. The maximum atomic E-state index is 4.85. The number of hydrogen-bond donors (Lipinski definition) is 0. The van der Waals surface area contributed by atoms with Crippen molar-refractivity contribution in [3.05, 3.63) is 115 Å². The van der Waals surface area contributed by atoms with Gasteiger partial charge in [-0.05, 0) is 86.3 Å². The van der Waals surface area contributed by atoms with Gasteiger partial charge in [-0.15, -0.1) is 0 Å². The van der Waals surface area contributed by atoms with Gasteiger partial charge in [-0.3, -0.25) is 0 Å². The van der Waals surface area contributed by atoms with Crippen LogP contribution >= 0.6 is 0 Å². The van der Waals surface area contributed by atoms with Crippen LogP contribution in [0, 0.1) is 0 Å². The predicted octanol–water partition coefficient (Wildman–Crippen LogP) is 6.41. The Bertz CT molecular complexity index is 1290. The van der Waals surface area contributed by atoms with Crippen molar-refractivity contribution in [3.63, 3.8) is 0 Å². The molecule has 0 spiro atoms. The molecular weight excluding hydrogens is 406 g/mol. The van der Waals surface area contributed by atoms with E-state index >= 15 is 0 Å². The third-order valence-corrected chi connectivity index (χ3v) is 6.12. The summed E-state index contributed by atoms with van der Waals surface area (Å²) in [7, 11) is 0. The number of para-hydroxylation sites is 1. The smallest absolute Gasteiger partial charge is 0.0666 e. The zero-order chi connectivity index (χ0) is 22.0. The number of aryl methyl sites for hydroxylation is 2. The summed E-state index contributed by atoms with van der Waals surface area (Å²) < 4.78 is 3.97. The van der Waals surface area contributed by atoms with E-state index in [9.17, 15) is 0 Å². The van der Waals surface area contributed by atoms with Gasteiger partial charge in [0, 0.05) is 29.5 Å². The molecule has 0 radical (unpaired) electrons. The van der Waals surface area contributed by atoms with Crippen LogP contribution in [0.5, 0.6) is 0 Å². The molecule has 5 aromatic rings. The van der Waals surface area contributed by atoms with Crippen molar-refractivity contribution in [2.75, 3.05) is 4.90 Å². The summed E-state index contributed by atoms with van der Waals surface area (Å²) in [6.07, 6.45) is 8.27. The lowest BCUT2D eigenvalue weighted by atomic mass is 10.1. The Labute approximate surface area is 193 Å². The van der Waals surface area contributed by atoms with Gasteiger partial charge in [0.15, 0.2) is 0 Å². The van der Waals surface area contributed by atoms with Crippen molar-refractivity contribution in [1.29, 1.82) is 0 Å². The third-order valence-electron chi connectivity index (χ3n) is 6.12. The van der Waals surface area contributed by atoms with Crippen LogP contribution in [0.25, 0.3) is 11.4 Å². The minimum Gasteiger partial charge on any atom is -0.310 e. The van der Waals surface area contributed by atoms with Crippen molar-refractivity contribution >= 4 is 17.1 Å². The molecule has 1 aliphatic rings. The largest absolute Gasteiger partial charge is 0.310 e. The average molecular weight is 432 g/mol. The molecule has 0 N–H and O–H groups in total. The van der Waals surface area contributed by atoms with Gasteiger partial charge in [0.2, 0.25) is 0 Å². The Morgan fingerprint density at radius 1 is 0.485 bits per heavy atom. The summed E-state index contributed by atoms with van der Waals surface area (Å²) in [5.74, 6) is 0. The first-order chi connectivity index (χ1) is 16.3. The maximum Gasteiger partial charge on any atom is 0.0666 e. The molecule has 3 aromatic carbocycles. The Hall–Kier alpha value is -4.12. The first-order valence-corrected chi connectivity index (χ1v) is 11.5. The van der Waals surface area contributed by atoms with E-state index in [2.05, 4.69) is 102 Å².